The van der Waals surface area contributed by atoms with Gasteiger partial charge >= 0.3 is 0 Å². The molecule has 0 spiro atoms. The summed E-state index contributed by atoms with van der Waals surface area (Å²) in [7, 11) is -3.93. The number of sulfonamides is 1. The van der Waals surface area contributed by atoms with Crippen molar-refractivity contribution in [2.75, 3.05) is 44.2 Å². The molecule has 2 aliphatic rings. The zero-order chi connectivity index (χ0) is 22.2. The Morgan fingerprint density at radius 3 is 2.29 bits per heavy atom. The Morgan fingerprint density at radius 1 is 0.935 bits per heavy atom. The number of hydrogen-bond acceptors (Lipinski definition) is 4. The van der Waals surface area contributed by atoms with E-state index in [1.165, 1.54) is 33.3 Å². The fourth-order valence-corrected chi connectivity index (χ4v) is 5.92. The van der Waals surface area contributed by atoms with E-state index in [0.717, 1.165) is 18.9 Å². The maximum Gasteiger partial charge on any atom is 0.254 e. The Balaban J connectivity index is 1.50. The molecule has 0 aromatic heterocycles. The second kappa shape index (κ2) is 8.59. The van der Waals surface area contributed by atoms with Crippen molar-refractivity contribution in [2.45, 2.75) is 31.6 Å². The van der Waals surface area contributed by atoms with Gasteiger partial charge in [-0.1, -0.05) is 12.1 Å². The Labute approximate surface area is 183 Å². The number of piperazine rings is 1. The van der Waals surface area contributed by atoms with Crippen LogP contribution in [0.4, 0.5) is 10.1 Å². The fraction of sp³-hybridized carbons (Fsp3) is 0.435. The number of nitrogens with zero attached hydrogens (tertiary/aromatic N) is 3. The standard InChI is InChI=1S/C23H28FN3O3S/c1-17-6-5-7-21(18(17)2)25-12-14-26(15-13-25)23(28)19-8-9-20(24)22(16-19)31(29,30)27-10-3-4-11-27/h5-9,16H,3-4,10-15H2,1-2H3. The maximum atomic E-state index is 14.4. The summed E-state index contributed by atoms with van der Waals surface area (Å²) in [5, 5.41) is 0. The van der Waals surface area contributed by atoms with Crippen molar-refractivity contribution in [3.05, 3.63) is 58.9 Å². The van der Waals surface area contributed by atoms with Crippen molar-refractivity contribution in [1.29, 1.82) is 0 Å². The third-order valence-corrected chi connectivity index (χ3v) is 8.26. The summed E-state index contributed by atoms with van der Waals surface area (Å²) in [6, 6.07) is 9.87. The second-order valence-corrected chi connectivity index (χ2v) is 10.2. The molecule has 0 N–H and O–H groups in total. The van der Waals surface area contributed by atoms with Crippen LogP contribution in [-0.4, -0.2) is 62.8 Å². The quantitative estimate of drug-likeness (QED) is 0.725. The SMILES string of the molecule is Cc1cccc(N2CCN(C(=O)c3ccc(F)c(S(=O)(=O)N4CCCC4)c3)CC2)c1C. The normalized spacial score (nSPS) is 17.9. The highest BCUT2D eigenvalue weighted by Gasteiger charge is 2.31. The molecule has 0 radical (unpaired) electrons. The lowest BCUT2D eigenvalue weighted by Crippen LogP contribution is -2.49. The number of carbonyl (C=O) groups is 1. The molecule has 8 heteroatoms. The van der Waals surface area contributed by atoms with E-state index >= 15 is 0 Å². The molecule has 0 aliphatic carbocycles. The van der Waals surface area contributed by atoms with Crippen LogP contribution in [0.25, 0.3) is 0 Å². The topological polar surface area (TPSA) is 60.9 Å². The number of rotatable bonds is 4. The Kier molecular flexibility index (Phi) is 6.03. The summed E-state index contributed by atoms with van der Waals surface area (Å²) >= 11 is 0. The highest BCUT2D eigenvalue weighted by Crippen LogP contribution is 2.26. The van der Waals surface area contributed by atoms with Gasteiger partial charge in [0.2, 0.25) is 10.0 Å². The summed E-state index contributed by atoms with van der Waals surface area (Å²) in [5.41, 5.74) is 3.85. The Bertz CT molecular complexity index is 1090. The van der Waals surface area contributed by atoms with Gasteiger partial charge in [0.15, 0.2) is 0 Å². The van der Waals surface area contributed by atoms with Gasteiger partial charge in [-0.15, -0.1) is 0 Å². The average Bonchev–Trinajstić information content (AvgIpc) is 3.31. The van der Waals surface area contributed by atoms with Gasteiger partial charge in [-0.3, -0.25) is 4.79 Å². The predicted molar refractivity (Wildman–Crippen MR) is 118 cm³/mol. The lowest BCUT2D eigenvalue weighted by atomic mass is 10.1. The number of benzene rings is 2. The molecule has 2 heterocycles. The van der Waals surface area contributed by atoms with Crippen LogP contribution in [0.5, 0.6) is 0 Å². The largest absolute Gasteiger partial charge is 0.368 e. The summed E-state index contributed by atoms with van der Waals surface area (Å²) in [6.45, 7) is 7.40. The zero-order valence-corrected chi connectivity index (χ0v) is 18.8. The monoisotopic (exact) mass is 445 g/mol. The first kappa shape index (κ1) is 21.8. The Morgan fingerprint density at radius 2 is 1.61 bits per heavy atom. The van der Waals surface area contributed by atoms with Gasteiger partial charge in [0.25, 0.3) is 5.91 Å². The maximum absolute atomic E-state index is 14.4. The van der Waals surface area contributed by atoms with E-state index in [1.54, 1.807) is 4.90 Å². The fourth-order valence-electron chi connectivity index (χ4n) is 4.31. The molecule has 166 valence electrons. The summed E-state index contributed by atoms with van der Waals surface area (Å²) in [4.78, 5) is 16.6. The van der Waals surface area contributed by atoms with Crippen molar-refractivity contribution < 1.29 is 17.6 Å². The molecule has 6 nitrogen and oxygen atoms in total. The first-order chi connectivity index (χ1) is 14.8. The molecule has 2 aromatic carbocycles. The third-order valence-electron chi connectivity index (χ3n) is 6.34. The van der Waals surface area contributed by atoms with Crippen molar-refractivity contribution in [1.82, 2.24) is 9.21 Å². The van der Waals surface area contributed by atoms with Crippen molar-refractivity contribution in [3.63, 3.8) is 0 Å². The van der Waals surface area contributed by atoms with E-state index in [0.29, 0.717) is 39.3 Å². The minimum Gasteiger partial charge on any atom is -0.368 e. The first-order valence-corrected chi connectivity index (χ1v) is 12.1. The molecule has 2 saturated heterocycles. The molecule has 0 unspecified atom stereocenters. The van der Waals surface area contributed by atoms with Gasteiger partial charge < -0.3 is 9.80 Å². The average molecular weight is 446 g/mol. The highest BCUT2D eigenvalue weighted by atomic mass is 32.2. The smallest absolute Gasteiger partial charge is 0.254 e. The van der Waals surface area contributed by atoms with E-state index in [2.05, 4.69) is 30.9 Å². The molecule has 0 atom stereocenters. The summed E-state index contributed by atoms with van der Waals surface area (Å²) in [6.07, 6.45) is 1.54. The Hall–Kier alpha value is -2.45. The van der Waals surface area contributed by atoms with Crippen LogP contribution >= 0.6 is 0 Å². The molecule has 0 bridgehead atoms. The number of aryl methyl sites for hydroxylation is 1. The summed E-state index contributed by atoms with van der Waals surface area (Å²) < 4.78 is 41.3. The van der Waals surface area contributed by atoms with Crippen LogP contribution in [0.3, 0.4) is 0 Å². The van der Waals surface area contributed by atoms with Crippen LogP contribution in [-0.2, 0) is 10.0 Å². The number of amides is 1. The number of carbonyl (C=O) groups excluding carboxylic acids is 1. The van der Waals surface area contributed by atoms with Crippen LogP contribution in [0.15, 0.2) is 41.3 Å². The number of anilines is 1. The number of halogens is 1. The van der Waals surface area contributed by atoms with Crippen LogP contribution in [0, 0.1) is 19.7 Å². The highest BCUT2D eigenvalue weighted by molar-refractivity contribution is 7.89. The van der Waals surface area contributed by atoms with E-state index in [-0.39, 0.29) is 11.5 Å². The van der Waals surface area contributed by atoms with Gasteiger partial charge in [0.05, 0.1) is 0 Å². The predicted octanol–water partition coefficient (Wildman–Crippen LogP) is 3.19. The van der Waals surface area contributed by atoms with Crippen LogP contribution < -0.4 is 4.90 Å². The minimum atomic E-state index is -3.93. The molecule has 1 amide bonds. The zero-order valence-electron chi connectivity index (χ0n) is 18.0. The second-order valence-electron chi connectivity index (χ2n) is 8.25. The van der Waals surface area contributed by atoms with Gasteiger partial charge in [-0.2, -0.15) is 4.31 Å². The van der Waals surface area contributed by atoms with Crippen LogP contribution in [0.2, 0.25) is 0 Å². The molecule has 31 heavy (non-hydrogen) atoms. The van der Waals surface area contributed by atoms with E-state index in [9.17, 15) is 17.6 Å². The van der Waals surface area contributed by atoms with E-state index < -0.39 is 20.7 Å². The van der Waals surface area contributed by atoms with Gasteiger partial charge in [0, 0.05) is 50.5 Å². The summed E-state index contributed by atoms with van der Waals surface area (Å²) in [5.74, 6) is -1.08. The molecule has 2 fully saturated rings. The molecular weight excluding hydrogens is 417 g/mol. The third kappa shape index (κ3) is 4.19. The van der Waals surface area contributed by atoms with E-state index in [1.807, 2.05) is 6.07 Å². The minimum absolute atomic E-state index is 0.208. The van der Waals surface area contributed by atoms with Crippen molar-refractivity contribution in [2.24, 2.45) is 0 Å². The molecule has 2 aliphatic heterocycles. The first-order valence-electron chi connectivity index (χ1n) is 10.7. The lowest BCUT2D eigenvalue weighted by Gasteiger charge is -2.37. The molecule has 2 aromatic rings. The van der Waals surface area contributed by atoms with Crippen molar-refractivity contribution >= 4 is 21.6 Å². The molecule has 4 rings (SSSR count). The van der Waals surface area contributed by atoms with Crippen LogP contribution in [0.1, 0.15) is 34.3 Å². The van der Waals surface area contributed by atoms with E-state index in [4.69, 9.17) is 0 Å². The van der Waals surface area contributed by atoms with Gasteiger partial charge in [-0.25, -0.2) is 12.8 Å². The molecular formula is C23H28FN3O3S. The molecule has 0 saturated carbocycles. The van der Waals surface area contributed by atoms with Crippen molar-refractivity contribution in [3.8, 4) is 0 Å². The number of hydrogen-bond donors (Lipinski definition) is 0. The lowest BCUT2D eigenvalue weighted by molar-refractivity contribution is 0.0746. The van der Waals surface area contributed by atoms with Gasteiger partial charge in [0.1, 0.15) is 10.7 Å². The van der Waals surface area contributed by atoms with Gasteiger partial charge in [-0.05, 0) is 62.1 Å².